The molecule has 1 aromatic heterocycles. The van der Waals surface area contributed by atoms with Crippen LogP contribution in [0.1, 0.15) is 37.3 Å². The summed E-state index contributed by atoms with van der Waals surface area (Å²) in [5.41, 5.74) is 3.21. The molecule has 2 aromatic rings. The van der Waals surface area contributed by atoms with Gasteiger partial charge in [0.25, 0.3) is 0 Å². The number of amides is 1. The highest BCUT2D eigenvalue weighted by molar-refractivity contribution is 7.09. The maximum Gasteiger partial charge on any atom is 0.226 e. The summed E-state index contributed by atoms with van der Waals surface area (Å²) in [6.07, 6.45) is 3.34. The summed E-state index contributed by atoms with van der Waals surface area (Å²) in [6, 6.07) is 8.28. The van der Waals surface area contributed by atoms with Gasteiger partial charge < -0.3 is 9.64 Å². The minimum Gasteiger partial charge on any atom is -0.373 e. The number of ether oxygens (including phenoxy) is 1. The van der Waals surface area contributed by atoms with Crippen LogP contribution < -0.4 is 0 Å². The number of aryl methyl sites for hydroxylation is 1. The first kappa shape index (κ1) is 21.5. The predicted octanol–water partition coefficient (Wildman–Crippen LogP) is 4.01. The van der Waals surface area contributed by atoms with Gasteiger partial charge in [-0.25, -0.2) is 4.98 Å². The van der Waals surface area contributed by atoms with Crippen LogP contribution in [0.3, 0.4) is 0 Å². The van der Waals surface area contributed by atoms with Crippen LogP contribution in [0.4, 0.5) is 0 Å². The number of carbonyl (C=O) groups excluding carboxylic acids is 1. The molecular weight excluding hydrogens is 394 g/mol. The molecule has 2 unspecified atom stereocenters. The predicted molar refractivity (Wildman–Crippen MR) is 122 cm³/mol. The van der Waals surface area contributed by atoms with E-state index in [1.807, 2.05) is 6.92 Å². The molecule has 162 valence electrons. The molecule has 2 aliphatic heterocycles. The van der Waals surface area contributed by atoms with Gasteiger partial charge in [-0.1, -0.05) is 24.3 Å². The van der Waals surface area contributed by atoms with Gasteiger partial charge in [0, 0.05) is 43.7 Å². The normalized spacial score (nSPS) is 23.6. The van der Waals surface area contributed by atoms with Crippen molar-refractivity contribution < 1.29 is 9.53 Å². The van der Waals surface area contributed by atoms with Crippen LogP contribution in [0.15, 0.2) is 29.6 Å². The van der Waals surface area contributed by atoms with E-state index >= 15 is 0 Å². The fourth-order valence-electron chi connectivity index (χ4n) is 4.74. The van der Waals surface area contributed by atoms with E-state index in [0.717, 1.165) is 67.4 Å². The number of carbonyl (C=O) groups is 1. The zero-order chi connectivity index (χ0) is 21.1. The Kier molecular flexibility index (Phi) is 6.86. The average Bonchev–Trinajstić information content (AvgIpc) is 3.14. The minimum atomic E-state index is 0.249. The van der Waals surface area contributed by atoms with Gasteiger partial charge in [-0.15, -0.1) is 11.3 Å². The van der Waals surface area contributed by atoms with Gasteiger partial charge in [-0.2, -0.15) is 0 Å². The number of hydrogen-bond acceptors (Lipinski definition) is 5. The van der Waals surface area contributed by atoms with Crippen molar-refractivity contribution in [1.82, 2.24) is 14.8 Å². The van der Waals surface area contributed by atoms with E-state index in [2.05, 4.69) is 58.3 Å². The van der Waals surface area contributed by atoms with Crippen LogP contribution in [-0.2, 0) is 16.0 Å². The lowest BCUT2D eigenvalue weighted by molar-refractivity contribution is -0.132. The number of piperidine rings is 1. The maximum atomic E-state index is 12.8. The molecule has 2 atom stereocenters. The number of likely N-dealkylation sites (tertiary alicyclic amines) is 1. The van der Waals surface area contributed by atoms with E-state index in [9.17, 15) is 4.79 Å². The highest BCUT2D eigenvalue weighted by Gasteiger charge is 2.27. The monoisotopic (exact) mass is 427 g/mol. The van der Waals surface area contributed by atoms with Crippen LogP contribution in [-0.4, -0.2) is 65.6 Å². The van der Waals surface area contributed by atoms with E-state index in [4.69, 9.17) is 4.74 Å². The molecule has 4 rings (SSSR count). The van der Waals surface area contributed by atoms with E-state index in [1.165, 1.54) is 0 Å². The largest absolute Gasteiger partial charge is 0.373 e. The molecule has 0 N–H and O–H groups in total. The van der Waals surface area contributed by atoms with Crippen molar-refractivity contribution in [2.75, 3.05) is 32.7 Å². The molecule has 5 nitrogen and oxygen atoms in total. The Morgan fingerprint density at radius 2 is 1.80 bits per heavy atom. The lowest BCUT2D eigenvalue weighted by Crippen LogP contribution is -2.48. The van der Waals surface area contributed by atoms with Crippen molar-refractivity contribution in [3.8, 4) is 11.3 Å². The second-order valence-corrected chi connectivity index (χ2v) is 9.99. The summed E-state index contributed by atoms with van der Waals surface area (Å²) in [6.45, 7) is 11.3. The Labute approximate surface area is 184 Å². The second-order valence-electron chi connectivity index (χ2n) is 8.93. The van der Waals surface area contributed by atoms with E-state index in [0.29, 0.717) is 24.5 Å². The molecule has 3 heterocycles. The lowest BCUT2D eigenvalue weighted by atomic mass is 9.95. The molecule has 2 aliphatic rings. The molecule has 0 spiro atoms. The number of nitrogens with zero attached hydrogens (tertiary/aromatic N) is 3. The van der Waals surface area contributed by atoms with Gasteiger partial charge >= 0.3 is 0 Å². The van der Waals surface area contributed by atoms with Crippen molar-refractivity contribution in [2.45, 2.75) is 52.2 Å². The van der Waals surface area contributed by atoms with Crippen molar-refractivity contribution in [2.24, 2.45) is 5.92 Å². The summed E-state index contributed by atoms with van der Waals surface area (Å²) in [4.78, 5) is 21.9. The third-order valence-corrected chi connectivity index (χ3v) is 6.98. The standard InChI is InChI=1S/C24H33N3O2S/c1-17-13-26(14-18(2)29-17)15-21-8-10-27(11-9-21)24(28)12-20-4-6-22(7-5-20)23-16-30-19(3)25-23/h4-7,16-18,21H,8-15H2,1-3H3. The molecule has 30 heavy (non-hydrogen) atoms. The first-order valence-electron chi connectivity index (χ1n) is 11.1. The topological polar surface area (TPSA) is 45.7 Å². The van der Waals surface area contributed by atoms with Crippen molar-refractivity contribution in [1.29, 1.82) is 0 Å². The molecule has 0 bridgehead atoms. The quantitative estimate of drug-likeness (QED) is 0.723. The highest BCUT2D eigenvalue weighted by atomic mass is 32.1. The molecule has 2 fully saturated rings. The van der Waals surface area contributed by atoms with Gasteiger partial charge in [-0.05, 0) is 45.1 Å². The van der Waals surface area contributed by atoms with Crippen LogP contribution in [0.25, 0.3) is 11.3 Å². The third-order valence-electron chi connectivity index (χ3n) is 6.20. The highest BCUT2D eigenvalue weighted by Crippen LogP contribution is 2.24. The van der Waals surface area contributed by atoms with Crippen molar-refractivity contribution in [3.63, 3.8) is 0 Å². The van der Waals surface area contributed by atoms with Crippen LogP contribution >= 0.6 is 11.3 Å². The fraction of sp³-hybridized carbons (Fsp3) is 0.583. The summed E-state index contributed by atoms with van der Waals surface area (Å²) in [5.74, 6) is 0.937. The molecule has 1 amide bonds. The van der Waals surface area contributed by atoms with E-state index < -0.39 is 0 Å². The number of benzene rings is 1. The molecular formula is C24H33N3O2S. The zero-order valence-electron chi connectivity index (χ0n) is 18.3. The van der Waals surface area contributed by atoms with Gasteiger partial charge in [-0.3, -0.25) is 9.69 Å². The Hall–Kier alpha value is -1.76. The number of rotatable bonds is 5. The minimum absolute atomic E-state index is 0.249. The van der Waals surface area contributed by atoms with Gasteiger partial charge in [0.2, 0.25) is 5.91 Å². The number of thiazole rings is 1. The molecule has 0 aliphatic carbocycles. The number of morpholine rings is 1. The molecule has 6 heteroatoms. The third kappa shape index (κ3) is 5.48. The Balaban J connectivity index is 1.24. The van der Waals surface area contributed by atoms with Gasteiger partial charge in [0.1, 0.15) is 0 Å². The lowest BCUT2D eigenvalue weighted by Gasteiger charge is -2.39. The maximum absolute atomic E-state index is 12.8. The first-order valence-corrected chi connectivity index (χ1v) is 12.0. The summed E-state index contributed by atoms with van der Waals surface area (Å²) < 4.78 is 5.85. The average molecular weight is 428 g/mol. The Morgan fingerprint density at radius 1 is 1.13 bits per heavy atom. The summed E-state index contributed by atoms with van der Waals surface area (Å²) in [5, 5.41) is 3.16. The van der Waals surface area contributed by atoms with Gasteiger partial charge in [0.15, 0.2) is 0 Å². The van der Waals surface area contributed by atoms with Crippen LogP contribution in [0.2, 0.25) is 0 Å². The molecule has 1 aromatic carbocycles. The second kappa shape index (κ2) is 9.58. The van der Waals surface area contributed by atoms with Gasteiger partial charge in [0.05, 0.1) is 29.3 Å². The van der Waals surface area contributed by atoms with Crippen molar-refractivity contribution in [3.05, 3.63) is 40.2 Å². The molecule has 0 saturated carbocycles. The summed E-state index contributed by atoms with van der Waals surface area (Å²) in [7, 11) is 0. The smallest absolute Gasteiger partial charge is 0.226 e. The summed E-state index contributed by atoms with van der Waals surface area (Å²) >= 11 is 1.66. The number of aromatic nitrogens is 1. The Morgan fingerprint density at radius 3 is 2.40 bits per heavy atom. The van der Waals surface area contributed by atoms with E-state index in [1.54, 1.807) is 11.3 Å². The zero-order valence-corrected chi connectivity index (χ0v) is 19.2. The Bertz CT molecular complexity index is 832. The van der Waals surface area contributed by atoms with Crippen LogP contribution in [0.5, 0.6) is 0 Å². The molecule has 0 radical (unpaired) electrons. The first-order chi connectivity index (χ1) is 14.5. The van der Waals surface area contributed by atoms with Crippen molar-refractivity contribution >= 4 is 17.2 Å². The number of hydrogen-bond donors (Lipinski definition) is 0. The SMILES string of the molecule is Cc1nc(-c2ccc(CC(=O)N3CCC(CN4CC(C)OC(C)C4)CC3)cc2)cs1. The van der Waals surface area contributed by atoms with E-state index in [-0.39, 0.29) is 5.91 Å². The van der Waals surface area contributed by atoms with Crippen LogP contribution in [0, 0.1) is 12.8 Å². The fourth-order valence-corrected chi connectivity index (χ4v) is 5.36. The molecule has 2 saturated heterocycles.